The molecule has 0 saturated carbocycles. The molecule has 1 saturated heterocycles. The number of esters is 1. The number of carbonyl (C=O) groups is 2. The fourth-order valence-electron chi connectivity index (χ4n) is 3.12. The molecule has 1 amide bonds. The molecule has 8 heteroatoms. The Balaban J connectivity index is 2.13. The van der Waals surface area contributed by atoms with Gasteiger partial charge in [-0.25, -0.2) is 9.78 Å². The Bertz CT molecular complexity index is 611. The van der Waals surface area contributed by atoms with Crippen LogP contribution in [0, 0.1) is 5.41 Å². The first-order valence-electron chi connectivity index (χ1n) is 8.49. The van der Waals surface area contributed by atoms with Gasteiger partial charge in [0, 0.05) is 18.0 Å². The van der Waals surface area contributed by atoms with E-state index in [2.05, 4.69) is 40.7 Å². The summed E-state index contributed by atoms with van der Waals surface area (Å²) >= 11 is 1.43. The summed E-state index contributed by atoms with van der Waals surface area (Å²) in [7, 11) is 1.21. The number of anilines is 1. The van der Waals surface area contributed by atoms with E-state index in [1.54, 1.807) is 5.38 Å². The van der Waals surface area contributed by atoms with Gasteiger partial charge in [-0.2, -0.15) is 0 Å². The van der Waals surface area contributed by atoms with Crippen molar-refractivity contribution < 1.29 is 19.4 Å². The number of amides is 1. The van der Waals surface area contributed by atoms with Gasteiger partial charge >= 0.3 is 5.97 Å². The molecule has 0 aliphatic carbocycles. The van der Waals surface area contributed by atoms with Crippen molar-refractivity contribution in [3.63, 3.8) is 0 Å². The number of aliphatic hydroxyl groups excluding tert-OH is 1. The summed E-state index contributed by atoms with van der Waals surface area (Å²) in [6, 6.07) is -0.705. The fraction of sp³-hybridized carbons (Fsp3) is 0.706. The van der Waals surface area contributed by atoms with Crippen molar-refractivity contribution in [2.75, 3.05) is 25.2 Å². The quantitative estimate of drug-likeness (QED) is 0.769. The van der Waals surface area contributed by atoms with E-state index in [0.29, 0.717) is 6.04 Å². The number of piperidine rings is 1. The number of nitrogens with one attached hydrogen (secondary N) is 1. The van der Waals surface area contributed by atoms with Gasteiger partial charge in [0.05, 0.1) is 13.7 Å². The molecule has 1 fully saturated rings. The largest absolute Gasteiger partial charge is 0.467 e. The lowest BCUT2D eigenvalue weighted by Gasteiger charge is -2.43. The zero-order valence-corrected chi connectivity index (χ0v) is 16.1. The number of aliphatic hydroxyl groups is 1. The minimum Gasteiger partial charge on any atom is -0.467 e. The Hall–Kier alpha value is -1.67. The van der Waals surface area contributed by atoms with Crippen LogP contribution in [0.15, 0.2) is 5.38 Å². The smallest absolute Gasteiger partial charge is 0.330 e. The molecule has 1 aliphatic heterocycles. The van der Waals surface area contributed by atoms with Gasteiger partial charge in [0.25, 0.3) is 5.91 Å². The molecule has 0 bridgehead atoms. The number of hydrogen-bond donors (Lipinski definition) is 2. The van der Waals surface area contributed by atoms with Crippen molar-refractivity contribution in [1.29, 1.82) is 0 Å². The second-order valence-electron chi connectivity index (χ2n) is 7.32. The summed E-state index contributed by atoms with van der Waals surface area (Å²) in [5.41, 5.74) is 0.377. The van der Waals surface area contributed by atoms with Crippen molar-refractivity contribution in [2.45, 2.75) is 52.1 Å². The van der Waals surface area contributed by atoms with Crippen LogP contribution < -0.4 is 10.2 Å². The third-order valence-corrected chi connectivity index (χ3v) is 5.32. The van der Waals surface area contributed by atoms with E-state index in [1.807, 2.05) is 0 Å². The van der Waals surface area contributed by atoms with Crippen LogP contribution in [-0.2, 0) is 9.53 Å². The first-order chi connectivity index (χ1) is 11.8. The molecule has 1 aliphatic rings. The monoisotopic (exact) mass is 369 g/mol. The third-order valence-electron chi connectivity index (χ3n) is 4.45. The molecule has 7 nitrogen and oxygen atoms in total. The minimum absolute atomic E-state index is 0.126. The molecule has 2 N–H and O–H groups in total. The van der Waals surface area contributed by atoms with Crippen molar-refractivity contribution >= 4 is 28.3 Å². The summed E-state index contributed by atoms with van der Waals surface area (Å²) in [6.45, 7) is 7.07. The number of aromatic nitrogens is 1. The summed E-state index contributed by atoms with van der Waals surface area (Å²) in [5.74, 6) is -1.17. The molecule has 2 atom stereocenters. The molecular weight excluding hydrogens is 342 g/mol. The van der Waals surface area contributed by atoms with E-state index in [0.717, 1.165) is 24.5 Å². The number of ether oxygens (including phenoxy) is 1. The SMILES string of the molecule is COC(=O)C(CO)NC(=O)c1csc(N2CCCC[C@H]2C(C)(C)C)n1. The second-order valence-corrected chi connectivity index (χ2v) is 8.15. The molecule has 1 aromatic rings. The van der Waals surface area contributed by atoms with Crippen LogP contribution in [0.4, 0.5) is 5.13 Å². The van der Waals surface area contributed by atoms with Crippen LogP contribution in [0.1, 0.15) is 50.5 Å². The van der Waals surface area contributed by atoms with Gasteiger partial charge in [0.1, 0.15) is 5.69 Å². The normalized spacial score (nSPS) is 19.4. The lowest BCUT2D eigenvalue weighted by molar-refractivity contribution is -0.143. The first-order valence-corrected chi connectivity index (χ1v) is 9.37. The van der Waals surface area contributed by atoms with Crippen molar-refractivity contribution in [3.05, 3.63) is 11.1 Å². The summed E-state index contributed by atoms with van der Waals surface area (Å²) in [4.78, 5) is 30.6. The van der Waals surface area contributed by atoms with E-state index >= 15 is 0 Å². The maximum Gasteiger partial charge on any atom is 0.330 e. The fourth-order valence-corrected chi connectivity index (χ4v) is 4.00. The summed E-state index contributed by atoms with van der Waals surface area (Å²) in [6.07, 6.45) is 3.43. The topological polar surface area (TPSA) is 91.8 Å². The van der Waals surface area contributed by atoms with Crippen LogP contribution >= 0.6 is 11.3 Å². The highest BCUT2D eigenvalue weighted by molar-refractivity contribution is 7.14. The average Bonchev–Trinajstić information content (AvgIpc) is 3.08. The molecule has 25 heavy (non-hydrogen) atoms. The predicted octanol–water partition coefficient (Wildman–Crippen LogP) is 1.81. The maximum absolute atomic E-state index is 12.3. The van der Waals surface area contributed by atoms with Crippen molar-refractivity contribution in [3.8, 4) is 0 Å². The Morgan fingerprint density at radius 1 is 1.48 bits per heavy atom. The van der Waals surface area contributed by atoms with E-state index in [-0.39, 0.29) is 11.1 Å². The van der Waals surface area contributed by atoms with Gasteiger partial charge in [0.2, 0.25) is 0 Å². The maximum atomic E-state index is 12.3. The lowest BCUT2D eigenvalue weighted by Crippen LogP contribution is -2.47. The molecule has 0 spiro atoms. The van der Waals surface area contributed by atoms with Gasteiger partial charge in [-0.05, 0) is 24.7 Å². The molecule has 1 aromatic heterocycles. The number of hydrogen-bond acceptors (Lipinski definition) is 7. The van der Waals surface area contributed by atoms with Crippen LogP contribution in [0.3, 0.4) is 0 Å². The number of carbonyl (C=O) groups excluding carboxylic acids is 2. The molecule has 140 valence electrons. The number of thiazole rings is 1. The van der Waals surface area contributed by atoms with E-state index in [9.17, 15) is 14.7 Å². The van der Waals surface area contributed by atoms with E-state index in [4.69, 9.17) is 0 Å². The van der Waals surface area contributed by atoms with Crippen molar-refractivity contribution in [1.82, 2.24) is 10.3 Å². The zero-order valence-electron chi connectivity index (χ0n) is 15.2. The molecule has 0 radical (unpaired) electrons. The highest BCUT2D eigenvalue weighted by atomic mass is 32.1. The van der Waals surface area contributed by atoms with Crippen LogP contribution in [0.2, 0.25) is 0 Å². The Kier molecular flexibility index (Phi) is 6.40. The predicted molar refractivity (Wildman–Crippen MR) is 96.9 cm³/mol. The molecule has 0 aromatic carbocycles. The zero-order chi connectivity index (χ0) is 18.6. The molecule has 2 heterocycles. The van der Waals surface area contributed by atoms with Gasteiger partial charge in [0.15, 0.2) is 11.2 Å². The highest BCUT2D eigenvalue weighted by Gasteiger charge is 2.34. The Labute approximate surface area is 152 Å². The average molecular weight is 369 g/mol. The molecule has 1 unspecified atom stereocenters. The van der Waals surface area contributed by atoms with Gasteiger partial charge in [-0.1, -0.05) is 20.8 Å². The second kappa shape index (κ2) is 8.14. The number of methoxy groups -OCH3 is 1. The summed E-state index contributed by atoms with van der Waals surface area (Å²) in [5, 5.41) is 14.2. The van der Waals surface area contributed by atoms with Crippen molar-refractivity contribution in [2.24, 2.45) is 5.41 Å². The highest BCUT2D eigenvalue weighted by Crippen LogP contribution is 2.36. The number of nitrogens with zero attached hydrogens (tertiary/aromatic N) is 2. The minimum atomic E-state index is -1.08. The Morgan fingerprint density at radius 3 is 2.80 bits per heavy atom. The molecular formula is C17H27N3O4S. The van der Waals surface area contributed by atoms with Gasteiger partial charge < -0.3 is 20.1 Å². The van der Waals surface area contributed by atoms with E-state index in [1.165, 1.54) is 24.9 Å². The van der Waals surface area contributed by atoms with Gasteiger partial charge in [-0.15, -0.1) is 11.3 Å². The van der Waals surface area contributed by atoms with Gasteiger partial charge in [-0.3, -0.25) is 4.79 Å². The number of rotatable bonds is 5. The Morgan fingerprint density at radius 2 is 2.20 bits per heavy atom. The third kappa shape index (κ3) is 4.70. The molecule has 2 rings (SSSR count). The summed E-state index contributed by atoms with van der Waals surface area (Å²) < 4.78 is 4.55. The van der Waals surface area contributed by atoms with Crippen LogP contribution in [-0.4, -0.2) is 54.3 Å². The lowest BCUT2D eigenvalue weighted by atomic mass is 9.81. The van der Waals surface area contributed by atoms with Crippen LogP contribution in [0.25, 0.3) is 0 Å². The first kappa shape index (κ1) is 19.7. The van der Waals surface area contributed by atoms with Crippen LogP contribution in [0.5, 0.6) is 0 Å². The van der Waals surface area contributed by atoms with E-state index < -0.39 is 24.5 Å². The standard InChI is InChI=1S/C17H27N3O4S/c1-17(2,3)13-7-5-6-8-20(13)16-19-12(10-25-16)14(22)18-11(9-21)15(23)24-4/h10-11,13,21H,5-9H2,1-4H3,(H,18,22)/t11?,13-/m0/s1.